The Kier molecular flexibility index (Phi) is 5.83. The van der Waals surface area contributed by atoms with Crippen molar-refractivity contribution in [2.75, 3.05) is 6.54 Å². The van der Waals surface area contributed by atoms with Gasteiger partial charge in [-0.2, -0.15) is 5.10 Å². The molecule has 3 aromatic heterocycles. The first kappa shape index (κ1) is 22.8. The van der Waals surface area contributed by atoms with Crippen molar-refractivity contribution < 1.29 is 9.18 Å². The maximum Gasteiger partial charge on any atom is 0.332 e. The molecule has 182 valence electrons. The average molecular weight is 480 g/mol. The maximum absolute atomic E-state index is 13.6. The summed E-state index contributed by atoms with van der Waals surface area (Å²) in [5.41, 5.74) is 1.25. The van der Waals surface area contributed by atoms with Crippen LogP contribution in [0.1, 0.15) is 38.3 Å². The number of halogens is 1. The predicted molar refractivity (Wildman–Crippen MR) is 127 cm³/mol. The lowest BCUT2D eigenvalue weighted by atomic mass is 9.92. The summed E-state index contributed by atoms with van der Waals surface area (Å²) in [6, 6.07) is 5.87. The lowest BCUT2D eigenvalue weighted by Crippen LogP contribution is -2.39. The van der Waals surface area contributed by atoms with E-state index in [1.807, 2.05) is 13.8 Å². The van der Waals surface area contributed by atoms with E-state index in [-0.39, 0.29) is 34.9 Å². The van der Waals surface area contributed by atoms with Crippen LogP contribution in [-0.4, -0.2) is 41.3 Å². The van der Waals surface area contributed by atoms with E-state index in [1.54, 1.807) is 29.2 Å². The zero-order chi connectivity index (χ0) is 24.7. The second-order valence-electron chi connectivity index (χ2n) is 8.74. The zero-order valence-electron chi connectivity index (χ0n) is 19.5. The van der Waals surface area contributed by atoms with Crippen LogP contribution in [0.15, 0.2) is 46.2 Å². The van der Waals surface area contributed by atoms with Crippen LogP contribution < -0.4 is 16.6 Å². The number of carbonyl (C=O) groups is 1. The molecule has 0 aliphatic carbocycles. The first-order valence-corrected chi connectivity index (χ1v) is 11.7. The van der Waals surface area contributed by atoms with E-state index < -0.39 is 5.56 Å². The van der Waals surface area contributed by atoms with Crippen LogP contribution in [0.4, 0.5) is 4.39 Å². The van der Waals surface area contributed by atoms with Gasteiger partial charge in [0.1, 0.15) is 17.2 Å². The highest BCUT2D eigenvalue weighted by Crippen LogP contribution is 2.32. The van der Waals surface area contributed by atoms with Crippen LogP contribution in [-0.2, 0) is 17.9 Å². The Morgan fingerprint density at radius 3 is 2.57 bits per heavy atom. The summed E-state index contributed by atoms with van der Waals surface area (Å²) in [6.45, 7) is 4.92. The molecule has 10 nitrogen and oxygen atoms in total. The Morgan fingerprint density at radius 1 is 1.14 bits per heavy atom. The zero-order valence-corrected chi connectivity index (χ0v) is 19.5. The number of hydrogen-bond acceptors (Lipinski definition) is 5. The van der Waals surface area contributed by atoms with Gasteiger partial charge in [-0.15, -0.1) is 0 Å². The number of hydrogen-bond donors (Lipinski definition) is 2. The molecule has 11 heteroatoms. The summed E-state index contributed by atoms with van der Waals surface area (Å²) in [5.74, 6) is -0.0273. The molecule has 5 rings (SSSR count). The molecule has 1 fully saturated rings. The number of rotatable bonds is 7. The standard InChI is InChI=1S/C24H26FN7O3/c1-3-9-31-23(34)19-22(30(4-2)24(31)35)29-21(28-19)16-12-27-32(13-16)20(15-10-18(33)26-11-15)14-5-7-17(25)8-6-14/h5-8,12-13,15,20H,3-4,9-11H2,1-2H3,(H,26,33)(H,28,29). The van der Waals surface area contributed by atoms with Crippen molar-refractivity contribution in [3.05, 3.63) is 68.9 Å². The molecule has 1 saturated heterocycles. The van der Waals surface area contributed by atoms with Crippen LogP contribution in [0.5, 0.6) is 0 Å². The number of amides is 1. The Labute approximate surface area is 199 Å². The van der Waals surface area contributed by atoms with Gasteiger partial charge < -0.3 is 10.3 Å². The summed E-state index contributed by atoms with van der Waals surface area (Å²) < 4.78 is 18.0. The Balaban J connectivity index is 1.59. The highest BCUT2D eigenvalue weighted by atomic mass is 19.1. The molecule has 1 aliphatic heterocycles. The second kappa shape index (κ2) is 8.97. The van der Waals surface area contributed by atoms with E-state index in [0.717, 1.165) is 5.56 Å². The first-order valence-electron chi connectivity index (χ1n) is 11.7. The number of H-pyrrole nitrogens is 1. The highest BCUT2D eigenvalue weighted by molar-refractivity contribution is 5.78. The highest BCUT2D eigenvalue weighted by Gasteiger charge is 2.32. The third-order valence-electron chi connectivity index (χ3n) is 6.45. The quantitative estimate of drug-likeness (QED) is 0.420. The van der Waals surface area contributed by atoms with Gasteiger partial charge in [0.25, 0.3) is 5.56 Å². The minimum atomic E-state index is -0.401. The Hall–Kier alpha value is -4.02. The number of carbonyl (C=O) groups excluding carboxylic acids is 1. The van der Waals surface area contributed by atoms with Crippen molar-refractivity contribution in [3.8, 4) is 11.4 Å². The van der Waals surface area contributed by atoms with Gasteiger partial charge in [0, 0.05) is 38.2 Å². The molecule has 4 heterocycles. The third kappa shape index (κ3) is 3.96. The van der Waals surface area contributed by atoms with Gasteiger partial charge in [0.15, 0.2) is 5.65 Å². The molecule has 2 atom stereocenters. The van der Waals surface area contributed by atoms with Gasteiger partial charge in [0.2, 0.25) is 5.91 Å². The van der Waals surface area contributed by atoms with Crippen molar-refractivity contribution in [2.45, 2.75) is 45.8 Å². The SMILES string of the molecule is CCCn1c(=O)c2[nH]c(-c3cnn(C(c4ccc(F)cc4)C4CNC(=O)C4)c3)nc2n(CC)c1=O. The molecule has 4 aromatic rings. The van der Waals surface area contributed by atoms with E-state index in [9.17, 15) is 18.8 Å². The Morgan fingerprint density at radius 2 is 1.91 bits per heavy atom. The third-order valence-corrected chi connectivity index (χ3v) is 6.45. The number of benzene rings is 1. The van der Waals surface area contributed by atoms with Gasteiger partial charge in [-0.25, -0.2) is 14.2 Å². The van der Waals surface area contributed by atoms with Crippen molar-refractivity contribution in [2.24, 2.45) is 5.92 Å². The molecule has 35 heavy (non-hydrogen) atoms. The van der Waals surface area contributed by atoms with Crippen LogP contribution in [0.2, 0.25) is 0 Å². The minimum Gasteiger partial charge on any atom is -0.356 e. The van der Waals surface area contributed by atoms with Gasteiger partial charge in [-0.05, 0) is 31.0 Å². The smallest absolute Gasteiger partial charge is 0.332 e. The predicted octanol–water partition coefficient (Wildman–Crippen LogP) is 2.04. The largest absolute Gasteiger partial charge is 0.356 e. The topological polar surface area (TPSA) is 120 Å². The van der Waals surface area contributed by atoms with Crippen molar-refractivity contribution >= 4 is 17.1 Å². The molecule has 0 bridgehead atoms. The van der Waals surface area contributed by atoms with Gasteiger partial charge in [-0.3, -0.25) is 23.4 Å². The number of nitrogens with one attached hydrogen (secondary N) is 2. The van der Waals surface area contributed by atoms with Crippen LogP contribution >= 0.6 is 0 Å². The van der Waals surface area contributed by atoms with Crippen LogP contribution in [0, 0.1) is 11.7 Å². The number of aryl methyl sites for hydroxylation is 1. The molecule has 0 saturated carbocycles. The molecular formula is C24H26FN7O3. The molecule has 1 amide bonds. The van der Waals surface area contributed by atoms with Crippen molar-refractivity contribution in [1.82, 2.24) is 34.2 Å². The average Bonchev–Trinajstić information content (AvgIpc) is 3.59. The van der Waals surface area contributed by atoms with Crippen LogP contribution in [0.3, 0.4) is 0 Å². The number of imidazole rings is 1. The minimum absolute atomic E-state index is 0.0346. The fraction of sp³-hybridized carbons (Fsp3) is 0.375. The van der Waals surface area contributed by atoms with E-state index in [1.165, 1.54) is 21.3 Å². The van der Waals surface area contributed by atoms with Gasteiger partial charge >= 0.3 is 5.69 Å². The molecule has 2 unspecified atom stereocenters. The first-order chi connectivity index (χ1) is 16.9. The molecule has 0 radical (unpaired) electrons. The molecule has 0 spiro atoms. The van der Waals surface area contributed by atoms with Crippen LogP contribution in [0.25, 0.3) is 22.6 Å². The fourth-order valence-electron chi connectivity index (χ4n) is 4.77. The number of aromatic nitrogens is 6. The lowest BCUT2D eigenvalue weighted by molar-refractivity contribution is -0.119. The summed E-state index contributed by atoms with van der Waals surface area (Å²) in [5, 5.41) is 7.39. The Bertz CT molecular complexity index is 1510. The van der Waals surface area contributed by atoms with Crippen molar-refractivity contribution in [3.63, 3.8) is 0 Å². The number of fused-ring (bicyclic) bond motifs is 1. The maximum atomic E-state index is 13.6. The number of nitrogens with zero attached hydrogens (tertiary/aromatic N) is 5. The van der Waals surface area contributed by atoms with Crippen molar-refractivity contribution in [1.29, 1.82) is 0 Å². The normalized spacial score (nSPS) is 16.7. The summed E-state index contributed by atoms with van der Waals surface area (Å²) >= 11 is 0. The van der Waals surface area contributed by atoms with Gasteiger partial charge in [-0.1, -0.05) is 19.1 Å². The molecular weight excluding hydrogens is 453 g/mol. The van der Waals surface area contributed by atoms with E-state index in [2.05, 4.69) is 20.4 Å². The number of aromatic amines is 1. The molecule has 1 aliphatic rings. The van der Waals surface area contributed by atoms with Gasteiger partial charge in [0.05, 0.1) is 17.8 Å². The summed E-state index contributed by atoms with van der Waals surface area (Å²) in [7, 11) is 0. The van der Waals surface area contributed by atoms with E-state index in [4.69, 9.17) is 0 Å². The van der Waals surface area contributed by atoms with E-state index >= 15 is 0 Å². The molecule has 1 aromatic carbocycles. The summed E-state index contributed by atoms with van der Waals surface area (Å²) in [4.78, 5) is 45.4. The monoisotopic (exact) mass is 479 g/mol. The summed E-state index contributed by atoms with van der Waals surface area (Å²) in [6.07, 6.45) is 4.40. The fourth-order valence-corrected chi connectivity index (χ4v) is 4.77. The second-order valence-corrected chi connectivity index (χ2v) is 8.74. The van der Waals surface area contributed by atoms with E-state index in [0.29, 0.717) is 49.5 Å². The lowest BCUT2D eigenvalue weighted by Gasteiger charge is -2.23. The molecule has 2 N–H and O–H groups in total.